The molecule has 0 bridgehead atoms. The maximum atomic E-state index is 12.2. The van der Waals surface area contributed by atoms with Crippen LogP contribution in [0.25, 0.3) is 11.1 Å². The van der Waals surface area contributed by atoms with Crippen LogP contribution in [-0.4, -0.2) is 22.3 Å². The van der Waals surface area contributed by atoms with Crippen LogP contribution in [-0.2, 0) is 18.0 Å². The molecule has 0 fully saturated rings. The summed E-state index contributed by atoms with van der Waals surface area (Å²) in [5, 5.41) is 20.8. The van der Waals surface area contributed by atoms with Crippen molar-refractivity contribution < 1.29 is 19.7 Å². The maximum absolute atomic E-state index is 12.2. The van der Waals surface area contributed by atoms with E-state index in [-0.39, 0.29) is 19.3 Å². The van der Waals surface area contributed by atoms with Crippen LogP contribution in [0, 0.1) is 0 Å². The predicted octanol–water partition coefficient (Wildman–Crippen LogP) is 2.55. The van der Waals surface area contributed by atoms with Crippen LogP contribution in [0.1, 0.15) is 35.3 Å². The second-order valence-corrected chi connectivity index (χ2v) is 6.05. The topological polar surface area (TPSA) is 92.8 Å². The lowest BCUT2D eigenvalue weighted by Crippen LogP contribution is -2.13. The van der Waals surface area contributed by atoms with Crippen LogP contribution in [0.3, 0.4) is 0 Å². The Bertz CT molecular complexity index is 679. The highest BCUT2D eigenvalue weighted by atomic mass is 32.1. The molecule has 0 spiro atoms. The van der Waals surface area contributed by atoms with Crippen molar-refractivity contribution in [1.29, 1.82) is 0 Å². The molecule has 118 valence electrons. The van der Waals surface area contributed by atoms with Crippen LogP contribution >= 0.6 is 11.3 Å². The van der Waals surface area contributed by atoms with Gasteiger partial charge in [-0.15, -0.1) is 11.3 Å². The summed E-state index contributed by atoms with van der Waals surface area (Å²) in [5.41, 5.74) is 8.96. The first-order valence-corrected chi connectivity index (χ1v) is 7.77. The number of ether oxygens (including phenoxy) is 1. The number of nitrogen functional groups attached to an aromatic ring is 1. The number of esters is 1. The van der Waals surface area contributed by atoms with Gasteiger partial charge in [-0.2, -0.15) is 0 Å². The summed E-state index contributed by atoms with van der Waals surface area (Å²) in [4.78, 5) is 12.2. The van der Waals surface area contributed by atoms with Gasteiger partial charge in [-0.1, -0.05) is 12.1 Å². The van der Waals surface area contributed by atoms with Crippen molar-refractivity contribution >= 4 is 22.3 Å². The molecule has 0 aliphatic rings. The smallest absolute Gasteiger partial charge is 0.342 e. The minimum Gasteiger partial charge on any atom is -0.459 e. The Morgan fingerprint density at radius 3 is 2.55 bits per heavy atom. The largest absolute Gasteiger partial charge is 0.459 e. The van der Waals surface area contributed by atoms with Crippen LogP contribution < -0.4 is 5.73 Å². The molecular weight excluding hydrogens is 302 g/mol. The van der Waals surface area contributed by atoms with E-state index >= 15 is 0 Å². The molecule has 1 aromatic heterocycles. The van der Waals surface area contributed by atoms with Gasteiger partial charge < -0.3 is 20.7 Å². The lowest BCUT2D eigenvalue weighted by molar-refractivity contribution is 0.0380. The first kappa shape index (κ1) is 16.5. The zero-order valence-electron chi connectivity index (χ0n) is 12.5. The van der Waals surface area contributed by atoms with Gasteiger partial charge in [0.1, 0.15) is 10.6 Å². The second kappa shape index (κ2) is 6.91. The number of aliphatic hydroxyl groups excluding tert-OH is 2. The lowest BCUT2D eigenvalue weighted by atomic mass is 9.98. The number of benzene rings is 1. The molecule has 4 N–H and O–H groups in total. The molecule has 0 radical (unpaired) electrons. The fourth-order valence-electron chi connectivity index (χ4n) is 2.16. The Labute approximate surface area is 133 Å². The summed E-state index contributed by atoms with van der Waals surface area (Å²) in [5.74, 6) is -0.458. The first-order chi connectivity index (χ1) is 10.5. The van der Waals surface area contributed by atoms with E-state index in [0.717, 1.165) is 5.56 Å². The number of carbonyl (C=O) groups is 1. The van der Waals surface area contributed by atoms with Gasteiger partial charge >= 0.3 is 5.97 Å². The van der Waals surface area contributed by atoms with E-state index in [1.807, 2.05) is 0 Å². The van der Waals surface area contributed by atoms with Crippen LogP contribution in [0.4, 0.5) is 5.00 Å². The highest BCUT2D eigenvalue weighted by Crippen LogP contribution is 2.35. The Balaban J connectivity index is 2.48. The standard InChI is InChI=1S/C16H19NO4S/c1-9(2)21-16(20)14-13(8-22-15(14)17)10-3-4-11(6-18)12(5-10)7-19/h3-5,8-9,18-19H,6-7,17H2,1-2H3. The van der Waals surface area contributed by atoms with Crippen molar-refractivity contribution in [1.82, 2.24) is 0 Å². The Morgan fingerprint density at radius 1 is 1.27 bits per heavy atom. The Hall–Kier alpha value is -1.89. The summed E-state index contributed by atoms with van der Waals surface area (Å²) < 4.78 is 5.24. The molecule has 1 heterocycles. The number of anilines is 1. The van der Waals surface area contributed by atoms with Crippen LogP contribution in [0.5, 0.6) is 0 Å². The molecule has 0 aliphatic heterocycles. The number of thiophene rings is 1. The van der Waals surface area contributed by atoms with Crippen molar-refractivity contribution in [2.24, 2.45) is 0 Å². The number of aliphatic hydroxyl groups is 2. The summed E-state index contributed by atoms with van der Waals surface area (Å²) in [7, 11) is 0. The minimum atomic E-state index is -0.458. The van der Waals surface area contributed by atoms with Crippen molar-refractivity contribution in [3.63, 3.8) is 0 Å². The van der Waals surface area contributed by atoms with E-state index in [1.165, 1.54) is 11.3 Å². The molecule has 0 unspecified atom stereocenters. The van der Waals surface area contributed by atoms with Crippen molar-refractivity contribution in [3.8, 4) is 11.1 Å². The summed E-state index contributed by atoms with van der Waals surface area (Å²) in [6, 6.07) is 5.27. The van der Waals surface area contributed by atoms with Gasteiger partial charge in [0.25, 0.3) is 0 Å². The molecule has 0 aliphatic carbocycles. The normalized spacial score (nSPS) is 11.0. The lowest BCUT2D eigenvalue weighted by Gasteiger charge is -2.11. The molecule has 0 amide bonds. The van der Waals surface area contributed by atoms with Gasteiger partial charge in [0.05, 0.1) is 19.3 Å². The number of hydrogen-bond donors (Lipinski definition) is 3. The molecule has 0 saturated carbocycles. The molecule has 6 heteroatoms. The molecule has 0 atom stereocenters. The highest BCUT2D eigenvalue weighted by Gasteiger charge is 2.21. The molecular formula is C16H19NO4S. The summed E-state index contributed by atoms with van der Waals surface area (Å²) in [6.45, 7) is 3.22. The van der Waals surface area contributed by atoms with Gasteiger partial charge in [0.15, 0.2) is 0 Å². The maximum Gasteiger partial charge on any atom is 0.342 e. The molecule has 2 rings (SSSR count). The highest BCUT2D eigenvalue weighted by molar-refractivity contribution is 7.14. The van der Waals surface area contributed by atoms with E-state index in [1.54, 1.807) is 37.4 Å². The third-order valence-electron chi connectivity index (χ3n) is 3.22. The monoisotopic (exact) mass is 321 g/mol. The average molecular weight is 321 g/mol. The van der Waals surface area contributed by atoms with Gasteiger partial charge in [-0.05, 0) is 36.6 Å². The fraction of sp³-hybridized carbons (Fsp3) is 0.312. The number of hydrogen-bond acceptors (Lipinski definition) is 6. The third-order valence-corrected chi connectivity index (χ3v) is 4.04. The van der Waals surface area contributed by atoms with E-state index in [4.69, 9.17) is 10.5 Å². The Morgan fingerprint density at radius 2 is 1.95 bits per heavy atom. The van der Waals surface area contributed by atoms with Gasteiger partial charge in [0.2, 0.25) is 0 Å². The summed E-state index contributed by atoms with van der Waals surface area (Å²) >= 11 is 1.27. The molecule has 0 saturated heterocycles. The van der Waals surface area contributed by atoms with E-state index in [0.29, 0.717) is 27.3 Å². The van der Waals surface area contributed by atoms with E-state index in [9.17, 15) is 15.0 Å². The molecule has 1 aromatic carbocycles. The Kier molecular flexibility index (Phi) is 5.18. The van der Waals surface area contributed by atoms with E-state index < -0.39 is 5.97 Å². The summed E-state index contributed by atoms with van der Waals surface area (Å²) in [6.07, 6.45) is -0.232. The SMILES string of the molecule is CC(C)OC(=O)c1c(-c2ccc(CO)c(CO)c2)csc1N. The zero-order chi connectivity index (χ0) is 16.3. The number of carbonyl (C=O) groups excluding carboxylic acids is 1. The molecule has 22 heavy (non-hydrogen) atoms. The van der Waals surface area contributed by atoms with Crippen molar-refractivity contribution in [2.75, 3.05) is 5.73 Å². The van der Waals surface area contributed by atoms with Crippen LogP contribution in [0.15, 0.2) is 23.6 Å². The van der Waals surface area contributed by atoms with Crippen molar-refractivity contribution in [3.05, 3.63) is 40.3 Å². The number of rotatable bonds is 5. The predicted molar refractivity (Wildman–Crippen MR) is 86.6 cm³/mol. The van der Waals surface area contributed by atoms with Crippen molar-refractivity contribution in [2.45, 2.75) is 33.2 Å². The quantitative estimate of drug-likeness (QED) is 0.736. The second-order valence-electron chi connectivity index (χ2n) is 5.14. The van der Waals surface area contributed by atoms with Gasteiger partial charge in [0, 0.05) is 10.9 Å². The van der Waals surface area contributed by atoms with Crippen LogP contribution in [0.2, 0.25) is 0 Å². The zero-order valence-corrected chi connectivity index (χ0v) is 13.3. The fourth-order valence-corrected chi connectivity index (χ4v) is 2.97. The van der Waals surface area contributed by atoms with Gasteiger partial charge in [-0.25, -0.2) is 4.79 Å². The molecule has 2 aromatic rings. The van der Waals surface area contributed by atoms with E-state index in [2.05, 4.69) is 0 Å². The van der Waals surface area contributed by atoms with Gasteiger partial charge in [-0.3, -0.25) is 0 Å². The number of nitrogens with two attached hydrogens (primary N) is 1. The molecule has 5 nitrogen and oxygen atoms in total. The third kappa shape index (κ3) is 3.30. The first-order valence-electron chi connectivity index (χ1n) is 6.89. The minimum absolute atomic E-state index is 0.149. The average Bonchev–Trinajstić information content (AvgIpc) is 2.87.